The van der Waals surface area contributed by atoms with E-state index in [0.717, 1.165) is 0 Å². The molecule has 0 fully saturated rings. The molecule has 1 aromatic carbocycles. The molecule has 0 spiro atoms. The van der Waals surface area contributed by atoms with Crippen LogP contribution < -0.4 is 0 Å². The van der Waals surface area contributed by atoms with Crippen LogP contribution in [0.25, 0.3) is 6.08 Å². The second-order valence-corrected chi connectivity index (χ2v) is 3.22. The molecule has 0 aliphatic heterocycles. The summed E-state index contributed by atoms with van der Waals surface area (Å²) in [5.41, 5.74) is 0.712. The summed E-state index contributed by atoms with van der Waals surface area (Å²) in [7, 11) is 0. The Bertz CT molecular complexity index is 406. The fourth-order valence-electron chi connectivity index (χ4n) is 1.05. The average molecular weight is 220 g/mol. The van der Waals surface area contributed by atoms with E-state index in [-0.39, 0.29) is 18.1 Å². The zero-order valence-electron chi connectivity index (χ0n) is 8.84. The van der Waals surface area contributed by atoms with Gasteiger partial charge in [-0.25, -0.2) is 4.79 Å². The number of ketones is 1. The first-order valence-electron chi connectivity index (χ1n) is 4.72. The van der Waals surface area contributed by atoms with Gasteiger partial charge in [0.25, 0.3) is 0 Å². The van der Waals surface area contributed by atoms with Crippen molar-refractivity contribution in [2.75, 3.05) is 6.61 Å². The molecule has 1 rings (SSSR count). The standard InChI is InChI=1S/C12H12O4/c1-9(13)8-16-11(12(14)15)7-10-5-3-2-4-6-10/h2-7H,8H2,1H3,(H,14,15). The van der Waals surface area contributed by atoms with Crippen LogP contribution in [0.15, 0.2) is 36.1 Å². The van der Waals surface area contributed by atoms with Gasteiger partial charge in [0.15, 0.2) is 5.78 Å². The summed E-state index contributed by atoms with van der Waals surface area (Å²) in [6.07, 6.45) is 1.38. The van der Waals surface area contributed by atoms with Crippen LogP contribution in [0.1, 0.15) is 12.5 Å². The van der Waals surface area contributed by atoms with Gasteiger partial charge in [0, 0.05) is 0 Å². The second kappa shape index (κ2) is 5.70. The fraction of sp³-hybridized carbons (Fsp3) is 0.167. The topological polar surface area (TPSA) is 63.6 Å². The first kappa shape index (κ1) is 12.0. The quantitative estimate of drug-likeness (QED) is 0.606. The SMILES string of the molecule is CC(=O)COC(=Cc1ccccc1)C(=O)O. The lowest BCUT2D eigenvalue weighted by molar-refractivity contribution is -0.137. The highest BCUT2D eigenvalue weighted by atomic mass is 16.5. The number of carbonyl (C=O) groups is 2. The Labute approximate surface area is 93.2 Å². The number of carboxylic acids is 1. The summed E-state index contributed by atoms with van der Waals surface area (Å²) in [6.45, 7) is 1.10. The highest BCUT2D eigenvalue weighted by molar-refractivity contribution is 5.90. The lowest BCUT2D eigenvalue weighted by Crippen LogP contribution is -2.10. The molecule has 0 radical (unpaired) electrons. The highest BCUT2D eigenvalue weighted by Crippen LogP contribution is 2.08. The number of hydrogen-bond acceptors (Lipinski definition) is 3. The first-order chi connectivity index (χ1) is 7.59. The Balaban J connectivity index is 2.81. The summed E-state index contributed by atoms with van der Waals surface area (Å²) in [5.74, 6) is -1.65. The van der Waals surface area contributed by atoms with E-state index in [1.807, 2.05) is 6.07 Å². The van der Waals surface area contributed by atoms with Crippen molar-refractivity contribution in [2.24, 2.45) is 0 Å². The second-order valence-electron chi connectivity index (χ2n) is 3.22. The Morgan fingerprint density at radius 3 is 2.44 bits per heavy atom. The number of hydrogen-bond donors (Lipinski definition) is 1. The molecule has 84 valence electrons. The smallest absolute Gasteiger partial charge is 0.371 e. The summed E-state index contributed by atoms with van der Waals surface area (Å²) >= 11 is 0. The third kappa shape index (κ3) is 3.96. The number of Topliss-reactive ketones (excluding diaryl/α,β-unsaturated/α-hetero) is 1. The molecule has 0 atom stereocenters. The Morgan fingerprint density at radius 2 is 1.94 bits per heavy atom. The van der Waals surface area contributed by atoms with Gasteiger partial charge >= 0.3 is 5.97 Å². The molecule has 0 aliphatic rings. The molecule has 16 heavy (non-hydrogen) atoms. The molecule has 4 nitrogen and oxygen atoms in total. The van der Waals surface area contributed by atoms with E-state index in [1.165, 1.54) is 13.0 Å². The van der Waals surface area contributed by atoms with Crippen molar-refractivity contribution in [3.05, 3.63) is 41.7 Å². The lowest BCUT2D eigenvalue weighted by atomic mass is 10.2. The van der Waals surface area contributed by atoms with E-state index < -0.39 is 5.97 Å². The lowest BCUT2D eigenvalue weighted by Gasteiger charge is -2.04. The van der Waals surface area contributed by atoms with Crippen LogP contribution in [0.3, 0.4) is 0 Å². The monoisotopic (exact) mass is 220 g/mol. The molecule has 0 saturated carbocycles. The van der Waals surface area contributed by atoms with E-state index in [1.54, 1.807) is 24.3 Å². The third-order valence-electron chi connectivity index (χ3n) is 1.74. The molecule has 0 aliphatic carbocycles. The van der Waals surface area contributed by atoms with Crippen molar-refractivity contribution in [3.63, 3.8) is 0 Å². The molecule has 0 saturated heterocycles. The number of aliphatic carboxylic acids is 1. The first-order valence-corrected chi connectivity index (χ1v) is 4.72. The van der Waals surface area contributed by atoms with Gasteiger partial charge in [0.2, 0.25) is 5.76 Å². The molecule has 0 unspecified atom stereocenters. The molecule has 1 aromatic rings. The molecular weight excluding hydrogens is 208 g/mol. The van der Waals surface area contributed by atoms with E-state index in [2.05, 4.69) is 0 Å². The Hall–Kier alpha value is -2.10. The Kier molecular flexibility index (Phi) is 4.27. The van der Waals surface area contributed by atoms with E-state index in [9.17, 15) is 9.59 Å². The van der Waals surface area contributed by atoms with Gasteiger partial charge in [-0.15, -0.1) is 0 Å². The van der Waals surface area contributed by atoms with Crippen LogP contribution >= 0.6 is 0 Å². The number of carboxylic acid groups (broad SMARTS) is 1. The van der Waals surface area contributed by atoms with Gasteiger partial charge in [0.05, 0.1) is 0 Å². The summed E-state index contributed by atoms with van der Waals surface area (Å²) in [4.78, 5) is 21.5. The number of rotatable bonds is 5. The van der Waals surface area contributed by atoms with Gasteiger partial charge in [-0.3, -0.25) is 4.79 Å². The minimum atomic E-state index is -1.19. The minimum absolute atomic E-state index is 0.222. The van der Waals surface area contributed by atoms with Gasteiger partial charge in [-0.05, 0) is 18.6 Å². The van der Waals surface area contributed by atoms with Crippen LogP contribution in [-0.2, 0) is 14.3 Å². The van der Waals surface area contributed by atoms with E-state index in [0.29, 0.717) is 5.56 Å². The van der Waals surface area contributed by atoms with Crippen molar-refractivity contribution in [2.45, 2.75) is 6.92 Å². The van der Waals surface area contributed by atoms with Crippen molar-refractivity contribution >= 4 is 17.8 Å². The number of ether oxygens (including phenoxy) is 1. The highest BCUT2D eigenvalue weighted by Gasteiger charge is 2.09. The molecule has 0 amide bonds. The summed E-state index contributed by atoms with van der Waals surface area (Å²) in [6, 6.07) is 8.90. The normalized spacial score (nSPS) is 10.9. The Morgan fingerprint density at radius 1 is 1.31 bits per heavy atom. The minimum Gasteiger partial charge on any atom is -0.479 e. The van der Waals surface area contributed by atoms with Gasteiger partial charge in [0.1, 0.15) is 6.61 Å². The molecule has 0 heterocycles. The van der Waals surface area contributed by atoms with Gasteiger partial charge < -0.3 is 9.84 Å². The van der Waals surface area contributed by atoms with E-state index in [4.69, 9.17) is 9.84 Å². The van der Waals surface area contributed by atoms with Crippen molar-refractivity contribution in [1.29, 1.82) is 0 Å². The fourth-order valence-corrected chi connectivity index (χ4v) is 1.05. The van der Waals surface area contributed by atoms with Crippen molar-refractivity contribution in [3.8, 4) is 0 Å². The maximum absolute atomic E-state index is 10.8. The number of carbonyl (C=O) groups excluding carboxylic acids is 1. The molecule has 0 bridgehead atoms. The van der Waals surface area contributed by atoms with Gasteiger partial charge in [-0.2, -0.15) is 0 Å². The van der Waals surface area contributed by atoms with E-state index >= 15 is 0 Å². The molecule has 0 aromatic heterocycles. The maximum Gasteiger partial charge on any atom is 0.371 e. The number of benzene rings is 1. The van der Waals surface area contributed by atoms with Crippen LogP contribution in [0.2, 0.25) is 0 Å². The zero-order valence-corrected chi connectivity index (χ0v) is 8.84. The molecular formula is C12H12O4. The van der Waals surface area contributed by atoms with Crippen LogP contribution in [0.4, 0.5) is 0 Å². The van der Waals surface area contributed by atoms with Crippen LogP contribution in [0, 0.1) is 0 Å². The zero-order chi connectivity index (χ0) is 12.0. The third-order valence-corrected chi connectivity index (χ3v) is 1.74. The van der Waals surface area contributed by atoms with Gasteiger partial charge in [-0.1, -0.05) is 30.3 Å². The predicted octanol–water partition coefficient (Wildman–Crippen LogP) is 1.72. The van der Waals surface area contributed by atoms with Crippen LogP contribution in [-0.4, -0.2) is 23.5 Å². The molecule has 4 heteroatoms. The summed E-state index contributed by atoms with van der Waals surface area (Å²) < 4.78 is 4.88. The summed E-state index contributed by atoms with van der Waals surface area (Å²) in [5, 5.41) is 8.84. The van der Waals surface area contributed by atoms with Crippen LogP contribution in [0.5, 0.6) is 0 Å². The van der Waals surface area contributed by atoms with Crippen molar-refractivity contribution in [1.82, 2.24) is 0 Å². The van der Waals surface area contributed by atoms with Crippen molar-refractivity contribution < 1.29 is 19.4 Å². The predicted molar refractivity (Wildman–Crippen MR) is 58.7 cm³/mol. The average Bonchev–Trinajstić information content (AvgIpc) is 2.25. The largest absolute Gasteiger partial charge is 0.479 e. The maximum atomic E-state index is 10.8. The molecule has 1 N–H and O–H groups in total.